The summed E-state index contributed by atoms with van der Waals surface area (Å²) < 4.78 is 47.1. The van der Waals surface area contributed by atoms with Crippen LogP contribution in [0.2, 0.25) is 0 Å². The number of carboxylic acids is 1. The number of ether oxygens (including phenoxy) is 1. The number of halogens is 3. The minimum Gasteiger partial charge on any atom is -0.480 e. The van der Waals surface area contributed by atoms with Crippen molar-refractivity contribution in [1.29, 1.82) is 0 Å². The summed E-state index contributed by atoms with van der Waals surface area (Å²) in [6.07, 6.45) is -3.11. The molecular formula is C23H16F3N3O4S2. The number of nitrogens with zero attached hydrogens (tertiary/aromatic N) is 3. The van der Waals surface area contributed by atoms with Crippen molar-refractivity contribution in [3.8, 4) is 17.3 Å². The molecule has 0 aliphatic carbocycles. The Bertz CT molecular complexity index is 1350. The molecule has 0 bridgehead atoms. The minimum atomic E-state index is -4.56. The number of thioether (sulfide) groups is 1. The van der Waals surface area contributed by atoms with E-state index in [2.05, 4.69) is 5.10 Å². The molecule has 1 aliphatic rings. The zero-order valence-electron chi connectivity index (χ0n) is 17.9. The Labute approximate surface area is 206 Å². The Hall–Kier alpha value is -3.64. The predicted molar refractivity (Wildman–Crippen MR) is 127 cm³/mol. The van der Waals surface area contributed by atoms with Crippen molar-refractivity contribution in [2.24, 2.45) is 0 Å². The highest BCUT2D eigenvalue weighted by molar-refractivity contribution is 8.26. The smallest absolute Gasteiger partial charge is 0.416 e. The second-order valence-electron chi connectivity index (χ2n) is 7.34. The second kappa shape index (κ2) is 9.55. The van der Waals surface area contributed by atoms with Crippen LogP contribution >= 0.6 is 24.0 Å². The maximum absolute atomic E-state index is 13.2. The fraction of sp³-hybridized carbons (Fsp3) is 0.130. The van der Waals surface area contributed by atoms with Gasteiger partial charge < -0.3 is 9.84 Å². The molecule has 0 atom stereocenters. The van der Waals surface area contributed by atoms with Crippen LogP contribution in [0.15, 0.2) is 59.5 Å². The Kier molecular flexibility index (Phi) is 6.68. The van der Waals surface area contributed by atoms with E-state index in [0.717, 1.165) is 28.8 Å². The molecule has 1 saturated heterocycles. The Morgan fingerprint density at radius 2 is 1.91 bits per heavy atom. The number of carbonyl (C=O) groups excluding carboxylic acids is 1. The molecular weight excluding hydrogens is 503 g/mol. The summed E-state index contributed by atoms with van der Waals surface area (Å²) in [6.45, 7) is 1.07. The Morgan fingerprint density at radius 3 is 2.57 bits per heavy atom. The van der Waals surface area contributed by atoms with Crippen LogP contribution in [0, 0.1) is 6.92 Å². The number of aliphatic carboxylic acids is 1. The molecule has 12 heteroatoms. The van der Waals surface area contributed by atoms with E-state index in [0.29, 0.717) is 16.9 Å². The SMILES string of the molecule is Cc1nn(-c2ccccc2)c(Oc2cccc(C(F)(F)F)c2)c1/C=C1\SC(=S)N(CC(=O)O)C1=O. The third-order valence-corrected chi connectivity index (χ3v) is 6.26. The lowest BCUT2D eigenvalue weighted by Crippen LogP contribution is -2.33. The van der Waals surface area contributed by atoms with Crippen molar-refractivity contribution < 1.29 is 32.6 Å². The largest absolute Gasteiger partial charge is 0.480 e. The van der Waals surface area contributed by atoms with E-state index in [-0.39, 0.29) is 20.9 Å². The fourth-order valence-corrected chi connectivity index (χ4v) is 4.51. The summed E-state index contributed by atoms with van der Waals surface area (Å²) in [6, 6.07) is 13.2. The lowest BCUT2D eigenvalue weighted by molar-refractivity contribution is -0.140. The number of thiocarbonyl (C=S) groups is 1. The molecule has 0 radical (unpaired) electrons. The molecule has 2 heterocycles. The minimum absolute atomic E-state index is 0.0787. The number of carbonyl (C=O) groups is 2. The summed E-state index contributed by atoms with van der Waals surface area (Å²) in [4.78, 5) is 24.9. The van der Waals surface area contributed by atoms with Gasteiger partial charge in [-0.05, 0) is 43.3 Å². The molecule has 1 aliphatic heterocycles. The topological polar surface area (TPSA) is 84.7 Å². The van der Waals surface area contributed by atoms with Crippen LogP contribution in [0.3, 0.4) is 0 Å². The molecule has 1 fully saturated rings. The quantitative estimate of drug-likeness (QED) is 0.351. The van der Waals surface area contributed by atoms with Crippen molar-refractivity contribution >= 4 is 46.3 Å². The van der Waals surface area contributed by atoms with Gasteiger partial charge >= 0.3 is 12.1 Å². The van der Waals surface area contributed by atoms with Crippen molar-refractivity contribution in [2.75, 3.05) is 6.54 Å². The van der Waals surface area contributed by atoms with Gasteiger partial charge in [-0.25, -0.2) is 0 Å². The number of amides is 1. The number of para-hydroxylation sites is 1. The van der Waals surface area contributed by atoms with Crippen molar-refractivity contribution in [1.82, 2.24) is 14.7 Å². The number of aryl methyl sites for hydroxylation is 1. The van der Waals surface area contributed by atoms with Crippen molar-refractivity contribution in [2.45, 2.75) is 13.1 Å². The predicted octanol–water partition coefficient (Wildman–Crippen LogP) is 5.28. The molecule has 1 aromatic heterocycles. The summed E-state index contributed by atoms with van der Waals surface area (Å²) >= 11 is 6.05. The van der Waals surface area contributed by atoms with Crippen LogP contribution in [0.25, 0.3) is 11.8 Å². The van der Waals surface area contributed by atoms with Crippen LogP contribution in [-0.2, 0) is 15.8 Å². The maximum atomic E-state index is 13.2. The fourth-order valence-electron chi connectivity index (χ4n) is 3.28. The zero-order valence-corrected chi connectivity index (χ0v) is 19.6. The van der Waals surface area contributed by atoms with Gasteiger partial charge in [-0.15, -0.1) is 0 Å². The first-order chi connectivity index (χ1) is 16.5. The molecule has 2 aromatic carbocycles. The first kappa shape index (κ1) is 24.5. The standard InChI is InChI=1S/C23H16F3N3O4S2/c1-13-17(11-18-20(32)28(12-19(30)31)22(34)35-18)21(29(27-13)15-7-3-2-4-8-15)33-16-9-5-6-14(10-16)23(24,25)26/h2-11H,12H2,1H3,(H,30,31)/b18-11-. The molecule has 0 saturated carbocycles. The van der Waals surface area contributed by atoms with E-state index in [4.69, 9.17) is 22.1 Å². The van der Waals surface area contributed by atoms with E-state index in [9.17, 15) is 22.8 Å². The molecule has 3 aromatic rings. The van der Waals surface area contributed by atoms with Crippen LogP contribution in [-0.4, -0.2) is 42.5 Å². The third kappa shape index (κ3) is 5.23. The lowest BCUT2D eigenvalue weighted by Gasteiger charge is -2.12. The normalized spacial score (nSPS) is 15.2. The van der Waals surface area contributed by atoms with Crippen molar-refractivity contribution in [3.05, 3.63) is 76.3 Å². The van der Waals surface area contributed by atoms with Crippen LogP contribution in [0.5, 0.6) is 11.6 Å². The molecule has 180 valence electrons. The number of benzene rings is 2. The number of hydrogen-bond acceptors (Lipinski definition) is 6. The van der Waals surface area contributed by atoms with Gasteiger partial charge in [0.25, 0.3) is 5.91 Å². The summed E-state index contributed by atoms with van der Waals surface area (Å²) in [5.74, 6) is -1.81. The molecule has 1 amide bonds. The van der Waals surface area contributed by atoms with Gasteiger partial charge in [0.2, 0.25) is 5.88 Å². The van der Waals surface area contributed by atoms with E-state index >= 15 is 0 Å². The van der Waals surface area contributed by atoms with Gasteiger partial charge in [-0.2, -0.15) is 23.0 Å². The zero-order chi connectivity index (χ0) is 25.3. The monoisotopic (exact) mass is 519 g/mol. The van der Waals surface area contributed by atoms with E-state index in [1.165, 1.54) is 22.9 Å². The van der Waals surface area contributed by atoms with Gasteiger partial charge in [0.05, 0.1) is 27.4 Å². The highest BCUT2D eigenvalue weighted by Crippen LogP contribution is 2.38. The Morgan fingerprint density at radius 1 is 1.20 bits per heavy atom. The Balaban J connectivity index is 1.81. The first-order valence-electron chi connectivity index (χ1n) is 10.0. The third-order valence-electron chi connectivity index (χ3n) is 4.88. The molecule has 0 spiro atoms. The van der Waals surface area contributed by atoms with Gasteiger partial charge in [-0.1, -0.05) is 48.2 Å². The van der Waals surface area contributed by atoms with Crippen LogP contribution in [0.1, 0.15) is 16.8 Å². The van der Waals surface area contributed by atoms with Gasteiger partial charge in [-0.3, -0.25) is 14.5 Å². The summed E-state index contributed by atoms with van der Waals surface area (Å²) in [5, 5.41) is 13.5. The molecule has 0 unspecified atom stereocenters. The van der Waals surface area contributed by atoms with Crippen LogP contribution in [0.4, 0.5) is 13.2 Å². The summed E-state index contributed by atoms with van der Waals surface area (Å²) in [5.41, 5.74) is 0.464. The lowest BCUT2D eigenvalue weighted by atomic mass is 10.2. The molecule has 7 nitrogen and oxygen atoms in total. The highest BCUT2D eigenvalue weighted by atomic mass is 32.2. The molecule has 4 rings (SSSR count). The number of aromatic nitrogens is 2. The number of hydrogen-bond donors (Lipinski definition) is 1. The summed E-state index contributed by atoms with van der Waals surface area (Å²) in [7, 11) is 0. The highest BCUT2D eigenvalue weighted by Gasteiger charge is 2.34. The van der Waals surface area contributed by atoms with Crippen molar-refractivity contribution in [3.63, 3.8) is 0 Å². The maximum Gasteiger partial charge on any atom is 0.416 e. The average Bonchev–Trinajstić information content (AvgIpc) is 3.25. The van der Waals surface area contributed by atoms with Crippen LogP contribution < -0.4 is 4.74 Å². The second-order valence-corrected chi connectivity index (χ2v) is 9.02. The molecule has 1 N–H and O–H groups in total. The van der Waals surface area contributed by atoms with Gasteiger partial charge in [0.15, 0.2) is 0 Å². The number of alkyl halides is 3. The van der Waals surface area contributed by atoms with E-state index < -0.39 is 30.2 Å². The van der Waals surface area contributed by atoms with Gasteiger partial charge in [0.1, 0.15) is 16.6 Å². The molecule has 35 heavy (non-hydrogen) atoms. The van der Waals surface area contributed by atoms with E-state index in [1.807, 2.05) is 0 Å². The first-order valence-corrected chi connectivity index (χ1v) is 11.2. The number of rotatable bonds is 6. The van der Waals surface area contributed by atoms with E-state index in [1.54, 1.807) is 37.3 Å². The number of carboxylic acid groups (broad SMARTS) is 1. The van der Waals surface area contributed by atoms with Gasteiger partial charge in [0, 0.05) is 0 Å². The average molecular weight is 520 g/mol.